The van der Waals surface area contributed by atoms with Gasteiger partial charge in [0.1, 0.15) is 5.54 Å². The van der Waals surface area contributed by atoms with E-state index in [0.29, 0.717) is 23.2 Å². The lowest BCUT2D eigenvalue weighted by Crippen LogP contribution is -2.44. The van der Waals surface area contributed by atoms with Gasteiger partial charge in [-0.2, -0.15) is 4.98 Å². The third kappa shape index (κ3) is 3.39. The van der Waals surface area contributed by atoms with Crippen molar-refractivity contribution in [2.45, 2.75) is 76.2 Å². The molecule has 1 heterocycles. The molecule has 0 unspecified atom stereocenters. The van der Waals surface area contributed by atoms with E-state index in [-0.39, 0.29) is 5.91 Å². The van der Waals surface area contributed by atoms with E-state index in [2.05, 4.69) is 27.6 Å². The molecule has 0 aliphatic heterocycles. The van der Waals surface area contributed by atoms with Gasteiger partial charge in [-0.15, -0.1) is 0 Å². The van der Waals surface area contributed by atoms with Gasteiger partial charge in [-0.25, -0.2) is 0 Å². The minimum absolute atomic E-state index is 0.0513. The highest BCUT2D eigenvalue weighted by atomic mass is 16.5. The molecule has 5 nitrogen and oxygen atoms in total. The van der Waals surface area contributed by atoms with Gasteiger partial charge in [0.2, 0.25) is 5.89 Å². The van der Waals surface area contributed by atoms with E-state index in [1.807, 2.05) is 12.1 Å². The second kappa shape index (κ2) is 7.22. The molecule has 4 rings (SSSR count). The zero-order valence-electron chi connectivity index (χ0n) is 15.5. The Kier molecular flexibility index (Phi) is 4.79. The first-order valence-electron chi connectivity index (χ1n) is 9.90. The molecule has 2 aliphatic rings. The Morgan fingerprint density at radius 2 is 1.77 bits per heavy atom. The summed E-state index contributed by atoms with van der Waals surface area (Å²) >= 11 is 0. The standard InChI is InChI=1S/C21H27N3O2/c1-15-22-20(24-26-15)21(13-5-6-14-21)23-19(25)18-11-9-17(10-12-18)16-7-3-2-4-8-16/h9-12,16H,2-8,13-14H2,1H3,(H,23,25). The van der Waals surface area contributed by atoms with Crippen molar-refractivity contribution < 1.29 is 9.32 Å². The zero-order valence-corrected chi connectivity index (χ0v) is 15.5. The van der Waals surface area contributed by atoms with Gasteiger partial charge in [0.05, 0.1) is 0 Å². The number of hydrogen-bond donors (Lipinski definition) is 1. The molecule has 1 amide bonds. The van der Waals surface area contributed by atoms with Crippen LogP contribution >= 0.6 is 0 Å². The molecule has 0 saturated heterocycles. The number of aromatic nitrogens is 2. The maximum Gasteiger partial charge on any atom is 0.252 e. The molecule has 2 fully saturated rings. The lowest BCUT2D eigenvalue weighted by Gasteiger charge is -2.27. The molecule has 0 spiro atoms. The molecule has 0 radical (unpaired) electrons. The molecule has 1 N–H and O–H groups in total. The van der Waals surface area contributed by atoms with Crippen molar-refractivity contribution in [1.29, 1.82) is 0 Å². The molecule has 5 heteroatoms. The monoisotopic (exact) mass is 353 g/mol. The van der Waals surface area contributed by atoms with E-state index in [9.17, 15) is 4.79 Å². The third-order valence-electron chi connectivity index (χ3n) is 6.01. The van der Waals surface area contributed by atoms with Crippen LogP contribution in [0, 0.1) is 6.92 Å². The highest BCUT2D eigenvalue weighted by molar-refractivity contribution is 5.94. The Hall–Kier alpha value is -2.17. The molecule has 0 bridgehead atoms. The van der Waals surface area contributed by atoms with Gasteiger partial charge < -0.3 is 9.84 Å². The number of benzene rings is 1. The van der Waals surface area contributed by atoms with Crippen LogP contribution < -0.4 is 5.32 Å². The van der Waals surface area contributed by atoms with Gasteiger partial charge >= 0.3 is 0 Å². The van der Waals surface area contributed by atoms with Crippen LogP contribution in [0.5, 0.6) is 0 Å². The first kappa shape index (κ1) is 17.3. The van der Waals surface area contributed by atoms with Crippen molar-refractivity contribution in [2.75, 3.05) is 0 Å². The minimum Gasteiger partial charge on any atom is -0.340 e. The number of carbonyl (C=O) groups is 1. The molecule has 2 saturated carbocycles. The molecule has 1 aromatic carbocycles. The lowest BCUT2D eigenvalue weighted by atomic mass is 9.84. The topological polar surface area (TPSA) is 68.0 Å². The van der Waals surface area contributed by atoms with Crippen molar-refractivity contribution in [2.24, 2.45) is 0 Å². The van der Waals surface area contributed by atoms with Crippen LogP contribution in [0.25, 0.3) is 0 Å². The van der Waals surface area contributed by atoms with E-state index < -0.39 is 5.54 Å². The fourth-order valence-corrected chi connectivity index (χ4v) is 4.51. The van der Waals surface area contributed by atoms with Crippen molar-refractivity contribution in [3.05, 3.63) is 47.1 Å². The van der Waals surface area contributed by atoms with E-state index in [1.54, 1.807) is 6.92 Å². The number of nitrogens with zero attached hydrogens (tertiary/aromatic N) is 2. The van der Waals surface area contributed by atoms with Gasteiger partial charge in [0, 0.05) is 12.5 Å². The van der Waals surface area contributed by atoms with Crippen molar-refractivity contribution in [3.8, 4) is 0 Å². The maximum atomic E-state index is 12.9. The number of hydrogen-bond acceptors (Lipinski definition) is 4. The molecule has 0 atom stereocenters. The van der Waals surface area contributed by atoms with Crippen molar-refractivity contribution >= 4 is 5.91 Å². The Morgan fingerprint density at radius 1 is 1.08 bits per heavy atom. The maximum absolute atomic E-state index is 12.9. The predicted octanol–water partition coefficient (Wildman–Crippen LogP) is 4.63. The van der Waals surface area contributed by atoms with Gasteiger partial charge in [0.25, 0.3) is 5.91 Å². The Balaban J connectivity index is 1.49. The van der Waals surface area contributed by atoms with Gasteiger partial charge in [-0.05, 0) is 49.3 Å². The van der Waals surface area contributed by atoms with Crippen molar-refractivity contribution in [3.63, 3.8) is 0 Å². The fourth-order valence-electron chi connectivity index (χ4n) is 4.51. The zero-order chi connectivity index (χ0) is 18.0. The van der Waals surface area contributed by atoms with Crippen LogP contribution in [0.3, 0.4) is 0 Å². The van der Waals surface area contributed by atoms with E-state index in [4.69, 9.17) is 4.52 Å². The average molecular weight is 353 g/mol. The predicted molar refractivity (Wildman–Crippen MR) is 98.9 cm³/mol. The van der Waals surface area contributed by atoms with Crippen LogP contribution in [-0.4, -0.2) is 16.0 Å². The first-order chi connectivity index (χ1) is 12.7. The van der Waals surface area contributed by atoms with Crippen molar-refractivity contribution in [1.82, 2.24) is 15.5 Å². The number of nitrogens with one attached hydrogen (secondary N) is 1. The molecular weight excluding hydrogens is 326 g/mol. The normalized spacial score (nSPS) is 20.2. The SMILES string of the molecule is Cc1nc(C2(NC(=O)c3ccc(C4CCCCC4)cc3)CCCC2)no1. The van der Waals surface area contributed by atoms with Crippen LogP contribution in [-0.2, 0) is 5.54 Å². The fraction of sp³-hybridized carbons (Fsp3) is 0.571. The summed E-state index contributed by atoms with van der Waals surface area (Å²) in [5.74, 6) is 1.76. The molecular formula is C21H27N3O2. The Labute approximate surface area is 154 Å². The summed E-state index contributed by atoms with van der Waals surface area (Å²) in [6.45, 7) is 1.78. The summed E-state index contributed by atoms with van der Waals surface area (Å²) in [5.41, 5.74) is 1.58. The van der Waals surface area contributed by atoms with Gasteiger partial charge in [-0.1, -0.05) is 49.4 Å². The largest absolute Gasteiger partial charge is 0.340 e. The van der Waals surface area contributed by atoms with Crippen LogP contribution in [0.2, 0.25) is 0 Å². The van der Waals surface area contributed by atoms with Crippen LogP contribution in [0.4, 0.5) is 0 Å². The van der Waals surface area contributed by atoms with E-state index >= 15 is 0 Å². The molecule has 2 aromatic rings. The summed E-state index contributed by atoms with van der Waals surface area (Å²) in [4.78, 5) is 17.3. The van der Waals surface area contributed by atoms with E-state index in [0.717, 1.165) is 25.7 Å². The quantitative estimate of drug-likeness (QED) is 0.870. The summed E-state index contributed by atoms with van der Waals surface area (Å²) in [6.07, 6.45) is 10.4. The minimum atomic E-state index is -0.489. The summed E-state index contributed by atoms with van der Waals surface area (Å²) in [6, 6.07) is 8.18. The average Bonchev–Trinajstić information content (AvgIpc) is 3.32. The molecule has 138 valence electrons. The molecule has 26 heavy (non-hydrogen) atoms. The number of amides is 1. The highest BCUT2D eigenvalue weighted by Gasteiger charge is 2.41. The smallest absolute Gasteiger partial charge is 0.252 e. The summed E-state index contributed by atoms with van der Waals surface area (Å²) in [7, 11) is 0. The van der Waals surface area contributed by atoms with Crippen LogP contribution in [0.15, 0.2) is 28.8 Å². The highest BCUT2D eigenvalue weighted by Crippen LogP contribution is 2.38. The van der Waals surface area contributed by atoms with Gasteiger partial charge in [-0.3, -0.25) is 4.79 Å². The Bertz CT molecular complexity index is 754. The van der Waals surface area contributed by atoms with Gasteiger partial charge in [0.15, 0.2) is 5.82 Å². The number of aryl methyl sites for hydroxylation is 1. The summed E-state index contributed by atoms with van der Waals surface area (Å²) in [5, 5.41) is 7.30. The molecule has 1 aromatic heterocycles. The van der Waals surface area contributed by atoms with E-state index in [1.165, 1.54) is 37.7 Å². The third-order valence-corrected chi connectivity index (χ3v) is 6.01. The number of rotatable bonds is 4. The van der Waals surface area contributed by atoms with Crippen LogP contribution in [0.1, 0.15) is 91.3 Å². The Morgan fingerprint density at radius 3 is 2.38 bits per heavy atom. The second-order valence-electron chi connectivity index (χ2n) is 7.84. The lowest BCUT2D eigenvalue weighted by molar-refractivity contribution is 0.0892. The second-order valence-corrected chi connectivity index (χ2v) is 7.84. The number of carbonyl (C=O) groups excluding carboxylic acids is 1. The molecule has 2 aliphatic carbocycles. The first-order valence-corrected chi connectivity index (χ1v) is 9.90. The summed E-state index contributed by atoms with van der Waals surface area (Å²) < 4.78 is 5.16.